The van der Waals surface area contributed by atoms with E-state index in [2.05, 4.69) is 24.0 Å². The summed E-state index contributed by atoms with van der Waals surface area (Å²) in [6.07, 6.45) is 2.53. The predicted octanol–water partition coefficient (Wildman–Crippen LogP) is 4.58. The largest absolute Gasteiger partial charge is 0.334 e. The molecule has 0 radical (unpaired) electrons. The Bertz CT molecular complexity index is 860. The monoisotopic (exact) mass is 344 g/mol. The van der Waals surface area contributed by atoms with Crippen LogP contribution in [0, 0.1) is 13.8 Å². The van der Waals surface area contributed by atoms with E-state index in [0.29, 0.717) is 13.1 Å². The number of hydrogen-bond donors (Lipinski definition) is 0. The van der Waals surface area contributed by atoms with Gasteiger partial charge in [-0.05, 0) is 54.8 Å². The maximum Gasteiger partial charge on any atom is 0.254 e. The Morgan fingerprint density at radius 3 is 2.38 bits per heavy atom. The number of hydrogen-bond acceptors (Lipinski definition) is 2. The molecule has 1 aromatic heterocycles. The zero-order valence-electron chi connectivity index (χ0n) is 15.4. The lowest BCUT2D eigenvalue weighted by molar-refractivity contribution is 0.0744. The Hall–Kier alpha value is -2.94. The maximum absolute atomic E-state index is 13.1. The highest BCUT2D eigenvalue weighted by Gasteiger charge is 2.17. The van der Waals surface area contributed by atoms with E-state index in [-0.39, 0.29) is 5.91 Å². The molecule has 0 N–H and O–H groups in total. The SMILES string of the molecule is Cc1ccc(C(=O)N(CCc2ccccn2)Cc2ccccc2)cc1C. The van der Waals surface area contributed by atoms with Crippen molar-refractivity contribution in [3.05, 3.63) is 101 Å². The molecule has 0 aliphatic carbocycles. The van der Waals surface area contributed by atoms with Crippen LogP contribution in [0.1, 0.15) is 32.7 Å². The van der Waals surface area contributed by atoms with Gasteiger partial charge in [0.25, 0.3) is 5.91 Å². The minimum Gasteiger partial charge on any atom is -0.334 e. The average molecular weight is 344 g/mol. The second-order valence-corrected chi connectivity index (χ2v) is 6.58. The molecule has 2 aromatic carbocycles. The van der Waals surface area contributed by atoms with E-state index in [1.807, 2.05) is 66.4 Å². The van der Waals surface area contributed by atoms with E-state index < -0.39 is 0 Å². The Morgan fingerprint density at radius 2 is 1.69 bits per heavy atom. The van der Waals surface area contributed by atoms with Crippen LogP contribution in [0.25, 0.3) is 0 Å². The molecule has 1 heterocycles. The van der Waals surface area contributed by atoms with Crippen LogP contribution in [0.2, 0.25) is 0 Å². The zero-order valence-corrected chi connectivity index (χ0v) is 15.4. The molecule has 3 aromatic rings. The van der Waals surface area contributed by atoms with Gasteiger partial charge in [0.2, 0.25) is 0 Å². The third-order valence-corrected chi connectivity index (χ3v) is 4.62. The molecule has 26 heavy (non-hydrogen) atoms. The van der Waals surface area contributed by atoms with E-state index in [0.717, 1.165) is 28.8 Å². The highest BCUT2D eigenvalue weighted by Crippen LogP contribution is 2.15. The minimum atomic E-state index is 0.0629. The summed E-state index contributed by atoms with van der Waals surface area (Å²) in [5, 5.41) is 0. The number of rotatable bonds is 6. The van der Waals surface area contributed by atoms with Gasteiger partial charge in [-0.1, -0.05) is 42.5 Å². The van der Waals surface area contributed by atoms with Crippen LogP contribution in [0.4, 0.5) is 0 Å². The first kappa shape index (κ1) is 17.9. The summed E-state index contributed by atoms with van der Waals surface area (Å²) in [5.41, 5.74) is 5.21. The maximum atomic E-state index is 13.1. The molecule has 1 amide bonds. The third-order valence-electron chi connectivity index (χ3n) is 4.62. The summed E-state index contributed by atoms with van der Waals surface area (Å²) in [6.45, 7) is 5.34. The van der Waals surface area contributed by atoms with Gasteiger partial charge in [0.1, 0.15) is 0 Å². The topological polar surface area (TPSA) is 33.2 Å². The van der Waals surface area contributed by atoms with Crippen molar-refractivity contribution in [3.8, 4) is 0 Å². The number of amides is 1. The quantitative estimate of drug-likeness (QED) is 0.655. The first-order valence-electron chi connectivity index (χ1n) is 8.94. The van der Waals surface area contributed by atoms with Crippen molar-refractivity contribution in [1.82, 2.24) is 9.88 Å². The average Bonchev–Trinajstić information content (AvgIpc) is 2.68. The first-order valence-corrected chi connectivity index (χ1v) is 8.94. The fourth-order valence-electron chi connectivity index (χ4n) is 2.91. The van der Waals surface area contributed by atoms with Gasteiger partial charge >= 0.3 is 0 Å². The molecular formula is C23H24N2O. The van der Waals surface area contributed by atoms with Crippen LogP contribution < -0.4 is 0 Å². The molecule has 3 heteroatoms. The van der Waals surface area contributed by atoms with E-state index in [4.69, 9.17) is 0 Å². The molecule has 132 valence electrons. The summed E-state index contributed by atoms with van der Waals surface area (Å²) in [7, 11) is 0. The van der Waals surface area contributed by atoms with Crippen molar-refractivity contribution in [2.45, 2.75) is 26.8 Å². The highest BCUT2D eigenvalue weighted by molar-refractivity contribution is 5.94. The van der Waals surface area contributed by atoms with Gasteiger partial charge in [-0.3, -0.25) is 9.78 Å². The number of aryl methyl sites for hydroxylation is 2. The molecule has 0 aliphatic heterocycles. The molecule has 3 nitrogen and oxygen atoms in total. The second-order valence-electron chi connectivity index (χ2n) is 6.58. The van der Waals surface area contributed by atoms with Gasteiger partial charge in [-0.2, -0.15) is 0 Å². The molecule has 0 saturated carbocycles. The van der Waals surface area contributed by atoms with Crippen molar-refractivity contribution in [1.29, 1.82) is 0 Å². The lowest BCUT2D eigenvalue weighted by atomic mass is 10.0. The van der Waals surface area contributed by atoms with Gasteiger partial charge in [0, 0.05) is 37.0 Å². The van der Waals surface area contributed by atoms with E-state index >= 15 is 0 Å². The van der Waals surface area contributed by atoms with Crippen LogP contribution in [-0.2, 0) is 13.0 Å². The summed E-state index contributed by atoms with van der Waals surface area (Å²) >= 11 is 0. The number of benzene rings is 2. The minimum absolute atomic E-state index is 0.0629. The van der Waals surface area contributed by atoms with E-state index in [9.17, 15) is 4.79 Å². The molecule has 0 unspecified atom stereocenters. The second kappa shape index (κ2) is 8.43. The normalized spacial score (nSPS) is 10.5. The van der Waals surface area contributed by atoms with E-state index in [1.54, 1.807) is 6.20 Å². The highest BCUT2D eigenvalue weighted by atomic mass is 16.2. The number of nitrogens with zero attached hydrogens (tertiary/aromatic N) is 2. The summed E-state index contributed by atoms with van der Waals surface area (Å²) in [4.78, 5) is 19.4. The Balaban J connectivity index is 1.81. The van der Waals surface area contributed by atoms with Crippen LogP contribution in [-0.4, -0.2) is 22.3 Å². The molecule has 3 rings (SSSR count). The smallest absolute Gasteiger partial charge is 0.254 e. The van der Waals surface area contributed by atoms with Crippen molar-refractivity contribution < 1.29 is 4.79 Å². The number of aromatic nitrogens is 1. The predicted molar refractivity (Wildman–Crippen MR) is 105 cm³/mol. The zero-order chi connectivity index (χ0) is 18.4. The van der Waals surface area contributed by atoms with Crippen LogP contribution in [0.15, 0.2) is 72.9 Å². The van der Waals surface area contributed by atoms with Crippen molar-refractivity contribution in [2.24, 2.45) is 0 Å². The first-order chi connectivity index (χ1) is 12.6. The fraction of sp³-hybridized carbons (Fsp3) is 0.217. The van der Waals surface area contributed by atoms with Crippen LogP contribution in [0.5, 0.6) is 0 Å². The fourth-order valence-corrected chi connectivity index (χ4v) is 2.91. The van der Waals surface area contributed by atoms with Crippen molar-refractivity contribution >= 4 is 5.91 Å². The van der Waals surface area contributed by atoms with Crippen LogP contribution in [0.3, 0.4) is 0 Å². The third kappa shape index (κ3) is 4.57. The van der Waals surface area contributed by atoms with E-state index in [1.165, 1.54) is 5.56 Å². The Kier molecular flexibility index (Phi) is 5.80. The Labute approximate surface area is 155 Å². The van der Waals surface area contributed by atoms with Crippen molar-refractivity contribution in [2.75, 3.05) is 6.54 Å². The summed E-state index contributed by atoms with van der Waals surface area (Å²) < 4.78 is 0. The lowest BCUT2D eigenvalue weighted by Gasteiger charge is -2.23. The van der Waals surface area contributed by atoms with Crippen molar-refractivity contribution in [3.63, 3.8) is 0 Å². The van der Waals surface area contributed by atoms with Gasteiger partial charge in [0.15, 0.2) is 0 Å². The summed E-state index contributed by atoms with van der Waals surface area (Å²) in [5.74, 6) is 0.0629. The number of carbonyl (C=O) groups is 1. The molecule has 0 bridgehead atoms. The Morgan fingerprint density at radius 1 is 0.923 bits per heavy atom. The van der Waals surface area contributed by atoms with Gasteiger partial charge in [-0.15, -0.1) is 0 Å². The molecule has 0 spiro atoms. The number of pyridine rings is 1. The lowest BCUT2D eigenvalue weighted by Crippen LogP contribution is -2.32. The molecule has 0 saturated heterocycles. The standard InChI is InChI=1S/C23H24N2O/c1-18-11-12-21(16-19(18)2)23(26)25(17-20-8-4-3-5-9-20)15-13-22-10-6-7-14-24-22/h3-12,14,16H,13,15,17H2,1-2H3. The molecule has 0 aliphatic rings. The van der Waals surface area contributed by atoms with Gasteiger partial charge in [0.05, 0.1) is 0 Å². The molecular weight excluding hydrogens is 320 g/mol. The van der Waals surface area contributed by atoms with Gasteiger partial charge in [-0.25, -0.2) is 0 Å². The summed E-state index contributed by atoms with van der Waals surface area (Å²) in [6, 6.07) is 21.9. The van der Waals surface area contributed by atoms with Gasteiger partial charge < -0.3 is 4.90 Å². The molecule has 0 fully saturated rings. The number of carbonyl (C=O) groups excluding carboxylic acids is 1. The molecule has 0 atom stereocenters. The van der Waals surface area contributed by atoms with Crippen LogP contribution >= 0.6 is 0 Å².